The summed E-state index contributed by atoms with van der Waals surface area (Å²) in [5, 5.41) is 0. The summed E-state index contributed by atoms with van der Waals surface area (Å²) in [5.41, 5.74) is 1.30. The predicted octanol–water partition coefficient (Wildman–Crippen LogP) is 4.59. The van der Waals surface area contributed by atoms with Gasteiger partial charge in [0, 0.05) is 19.3 Å². The fourth-order valence-electron chi connectivity index (χ4n) is 1.15. The lowest BCUT2D eigenvalue weighted by atomic mass is 10.3. The topological polar surface area (TPSA) is 3.24 Å². The van der Waals surface area contributed by atoms with Gasteiger partial charge in [0.05, 0.1) is 0 Å². The number of para-hydroxylation sites is 1. The van der Waals surface area contributed by atoms with Crippen LogP contribution < -0.4 is 4.90 Å². The number of nitrogens with zero attached hydrogens (tertiary/aromatic N) is 1. The fourth-order valence-corrected chi connectivity index (χ4v) is 1.15. The Hall–Kier alpha value is -0.980. The Morgan fingerprint density at radius 1 is 0.933 bits per heavy atom. The Bertz CT molecular complexity index is 194. The van der Waals surface area contributed by atoms with Crippen LogP contribution in [0.15, 0.2) is 30.3 Å². The average molecular weight is 209 g/mol. The second kappa shape index (κ2) is 13.0. The molecule has 1 aromatic rings. The van der Waals surface area contributed by atoms with E-state index in [1.807, 2.05) is 33.8 Å². The molecule has 0 amide bonds. The van der Waals surface area contributed by atoms with Gasteiger partial charge in [0.15, 0.2) is 0 Å². The molecule has 1 heteroatoms. The van der Waals surface area contributed by atoms with Gasteiger partial charge in [0.1, 0.15) is 0 Å². The molecule has 0 saturated carbocycles. The van der Waals surface area contributed by atoms with Gasteiger partial charge in [-0.1, -0.05) is 52.8 Å². The van der Waals surface area contributed by atoms with Crippen molar-refractivity contribution in [2.75, 3.05) is 18.5 Å². The van der Waals surface area contributed by atoms with Crippen LogP contribution in [-0.4, -0.2) is 13.6 Å². The highest BCUT2D eigenvalue weighted by molar-refractivity contribution is 5.44. The minimum absolute atomic E-state index is 1.13. The van der Waals surface area contributed by atoms with Crippen LogP contribution in [-0.2, 0) is 0 Å². The highest BCUT2D eigenvalue weighted by Crippen LogP contribution is 2.10. The summed E-state index contributed by atoms with van der Waals surface area (Å²) in [6.45, 7) is 11.3. The third-order valence-electron chi connectivity index (χ3n) is 1.76. The number of hydrogen-bond acceptors (Lipinski definition) is 1. The molecular formula is C14H27N. The van der Waals surface area contributed by atoms with Crippen LogP contribution in [0.5, 0.6) is 0 Å². The zero-order chi connectivity index (χ0) is 12.1. The van der Waals surface area contributed by atoms with Gasteiger partial charge in [0.2, 0.25) is 0 Å². The van der Waals surface area contributed by atoms with Crippen LogP contribution in [0.3, 0.4) is 0 Å². The SMILES string of the molecule is CC.CC.CCCN(C)c1ccccc1. The van der Waals surface area contributed by atoms with E-state index in [9.17, 15) is 0 Å². The third kappa shape index (κ3) is 8.04. The molecule has 1 aromatic carbocycles. The number of anilines is 1. The van der Waals surface area contributed by atoms with Crippen molar-refractivity contribution in [2.24, 2.45) is 0 Å². The van der Waals surface area contributed by atoms with Crippen LogP contribution in [0.2, 0.25) is 0 Å². The maximum Gasteiger partial charge on any atom is 0.0363 e. The van der Waals surface area contributed by atoms with Crippen molar-refractivity contribution in [1.82, 2.24) is 0 Å². The molecule has 0 heterocycles. The summed E-state index contributed by atoms with van der Waals surface area (Å²) in [4.78, 5) is 2.26. The Labute approximate surface area is 96.1 Å². The highest BCUT2D eigenvalue weighted by Gasteiger charge is 1.95. The summed E-state index contributed by atoms with van der Waals surface area (Å²) in [6.07, 6.45) is 1.20. The van der Waals surface area contributed by atoms with E-state index in [2.05, 4.69) is 43.1 Å². The average Bonchev–Trinajstić information content (AvgIpc) is 2.36. The lowest BCUT2D eigenvalue weighted by Crippen LogP contribution is -2.17. The first kappa shape index (κ1) is 16.4. The summed E-state index contributed by atoms with van der Waals surface area (Å²) in [5.74, 6) is 0. The van der Waals surface area contributed by atoms with Gasteiger partial charge in [-0.15, -0.1) is 0 Å². The molecule has 0 aliphatic rings. The third-order valence-corrected chi connectivity index (χ3v) is 1.76. The van der Waals surface area contributed by atoms with E-state index in [-0.39, 0.29) is 0 Å². The van der Waals surface area contributed by atoms with E-state index < -0.39 is 0 Å². The Balaban J connectivity index is 0. The van der Waals surface area contributed by atoms with E-state index in [0.29, 0.717) is 0 Å². The second-order valence-electron chi connectivity index (χ2n) is 2.76. The number of benzene rings is 1. The van der Waals surface area contributed by atoms with Crippen molar-refractivity contribution in [3.8, 4) is 0 Å². The fraction of sp³-hybridized carbons (Fsp3) is 0.571. The van der Waals surface area contributed by atoms with Gasteiger partial charge in [-0.05, 0) is 18.6 Å². The maximum atomic E-state index is 2.26. The summed E-state index contributed by atoms with van der Waals surface area (Å²) in [6, 6.07) is 10.5. The molecule has 0 N–H and O–H groups in total. The molecule has 0 radical (unpaired) electrons. The summed E-state index contributed by atoms with van der Waals surface area (Å²) < 4.78 is 0. The van der Waals surface area contributed by atoms with Crippen LogP contribution in [0.1, 0.15) is 41.0 Å². The minimum atomic E-state index is 1.13. The first-order chi connectivity index (χ1) is 7.34. The van der Waals surface area contributed by atoms with Crippen LogP contribution in [0, 0.1) is 0 Å². The van der Waals surface area contributed by atoms with Crippen molar-refractivity contribution in [2.45, 2.75) is 41.0 Å². The molecule has 1 rings (SSSR count). The molecule has 15 heavy (non-hydrogen) atoms. The molecule has 0 aliphatic heterocycles. The van der Waals surface area contributed by atoms with Crippen molar-refractivity contribution < 1.29 is 0 Å². The standard InChI is InChI=1S/C10H15N.2C2H6/c1-3-9-11(2)10-7-5-4-6-8-10;2*1-2/h4-8H,3,9H2,1-2H3;2*1-2H3. The molecule has 1 nitrogen and oxygen atoms in total. The highest BCUT2D eigenvalue weighted by atomic mass is 15.1. The second-order valence-corrected chi connectivity index (χ2v) is 2.76. The van der Waals surface area contributed by atoms with Gasteiger partial charge in [-0.3, -0.25) is 0 Å². The summed E-state index contributed by atoms with van der Waals surface area (Å²) in [7, 11) is 2.12. The van der Waals surface area contributed by atoms with Crippen molar-refractivity contribution in [1.29, 1.82) is 0 Å². The van der Waals surface area contributed by atoms with E-state index in [4.69, 9.17) is 0 Å². The Morgan fingerprint density at radius 3 is 1.80 bits per heavy atom. The molecule has 0 aliphatic carbocycles. The summed E-state index contributed by atoms with van der Waals surface area (Å²) >= 11 is 0. The molecule has 0 atom stereocenters. The van der Waals surface area contributed by atoms with Crippen LogP contribution in [0.4, 0.5) is 5.69 Å². The van der Waals surface area contributed by atoms with Gasteiger partial charge >= 0.3 is 0 Å². The molecule has 0 aromatic heterocycles. The lowest BCUT2D eigenvalue weighted by molar-refractivity contribution is 0.852. The van der Waals surface area contributed by atoms with Crippen molar-refractivity contribution in [3.05, 3.63) is 30.3 Å². The van der Waals surface area contributed by atoms with Gasteiger partial charge < -0.3 is 4.90 Å². The zero-order valence-electron chi connectivity index (χ0n) is 11.2. The van der Waals surface area contributed by atoms with Crippen LogP contribution in [0.25, 0.3) is 0 Å². The first-order valence-electron chi connectivity index (χ1n) is 6.10. The van der Waals surface area contributed by atoms with E-state index >= 15 is 0 Å². The lowest BCUT2D eigenvalue weighted by Gasteiger charge is -2.17. The minimum Gasteiger partial charge on any atom is -0.375 e. The number of rotatable bonds is 3. The van der Waals surface area contributed by atoms with Gasteiger partial charge in [0.25, 0.3) is 0 Å². The normalized spacial score (nSPS) is 7.87. The predicted molar refractivity (Wildman–Crippen MR) is 72.7 cm³/mol. The molecule has 88 valence electrons. The van der Waals surface area contributed by atoms with Gasteiger partial charge in [-0.25, -0.2) is 0 Å². The van der Waals surface area contributed by atoms with E-state index in [1.54, 1.807) is 0 Å². The van der Waals surface area contributed by atoms with E-state index in [1.165, 1.54) is 12.1 Å². The molecular weight excluding hydrogens is 182 g/mol. The smallest absolute Gasteiger partial charge is 0.0363 e. The van der Waals surface area contributed by atoms with Crippen LogP contribution >= 0.6 is 0 Å². The molecule has 0 saturated heterocycles. The molecule has 0 unspecified atom stereocenters. The van der Waals surface area contributed by atoms with Crippen molar-refractivity contribution in [3.63, 3.8) is 0 Å². The molecule has 0 bridgehead atoms. The number of hydrogen-bond donors (Lipinski definition) is 0. The maximum absolute atomic E-state index is 2.26. The first-order valence-corrected chi connectivity index (χ1v) is 6.10. The quantitative estimate of drug-likeness (QED) is 0.704. The Morgan fingerprint density at radius 2 is 1.40 bits per heavy atom. The van der Waals surface area contributed by atoms with E-state index in [0.717, 1.165) is 6.54 Å². The largest absolute Gasteiger partial charge is 0.375 e. The zero-order valence-corrected chi connectivity index (χ0v) is 11.2. The monoisotopic (exact) mass is 209 g/mol. The van der Waals surface area contributed by atoms with Gasteiger partial charge in [-0.2, -0.15) is 0 Å². The van der Waals surface area contributed by atoms with Crippen molar-refractivity contribution >= 4 is 5.69 Å². The molecule has 0 spiro atoms. The molecule has 0 fully saturated rings. The Kier molecular flexibility index (Phi) is 14.3.